The molecule has 0 aromatic heterocycles. The molecule has 8 N–H and O–H groups in total. The Bertz CT molecular complexity index is 1380. The maximum Gasteiger partial charge on any atom is 0.251 e. The molecule has 1 aliphatic rings. The predicted octanol–water partition coefficient (Wildman–Crippen LogP) is 7.38. The van der Waals surface area contributed by atoms with E-state index in [0.717, 1.165) is 12.8 Å². The highest BCUT2D eigenvalue weighted by Gasteiger charge is 2.56. The molecule has 1 fully saturated rings. The fraction of sp³-hybridized carbons (Fsp3) is 0.958. The Balaban J connectivity index is 2.65. The summed E-state index contributed by atoms with van der Waals surface area (Å²) in [5, 5.41) is 41.0. The normalized spacial score (nSPS) is 20.5. The fourth-order valence-electron chi connectivity index (χ4n) is 9.57. The van der Waals surface area contributed by atoms with Crippen molar-refractivity contribution in [2.45, 2.75) is 248 Å². The molecule has 1 saturated heterocycles. The van der Waals surface area contributed by atoms with Crippen LogP contribution in [0.2, 0.25) is 0 Å². The van der Waals surface area contributed by atoms with Gasteiger partial charge in [-0.2, -0.15) is 0 Å². The van der Waals surface area contributed by atoms with Gasteiger partial charge >= 0.3 is 0 Å². The highest BCUT2D eigenvalue weighted by molar-refractivity contribution is 5.81. The molecule has 1 aliphatic heterocycles. The summed E-state index contributed by atoms with van der Waals surface area (Å²) in [5.41, 5.74) is 2.56. The Labute approximate surface area is 367 Å². The molecule has 12 nitrogen and oxygen atoms in total. The van der Waals surface area contributed by atoms with Crippen LogP contribution in [0.1, 0.15) is 190 Å². The van der Waals surface area contributed by atoms with E-state index in [1.54, 1.807) is 0 Å². The third kappa shape index (κ3) is 20.4. The van der Waals surface area contributed by atoms with Gasteiger partial charge in [-0.3, -0.25) is 14.9 Å². The zero-order valence-corrected chi connectivity index (χ0v) is 42.4. The number of nitrogens with two attached hydrogens (primary N) is 1. The van der Waals surface area contributed by atoms with E-state index in [2.05, 4.69) is 120 Å². The number of carbonyl (C=O) groups is 2. The van der Waals surface area contributed by atoms with Crippen molar-refractivity contribution in [3.8, 4) is 0 Å². The number of aliphatic hydroxyl groups is 3. The fourth-order valence-corrected chi connectivity index (χ4v) is 9.57. The third-order valence-corrected chi connectivity index (χ3v) is 12.2. The average molecular weight is 857 g/mol. The number of ether oxygens (including phenoxy) is 3. The van der Waals surface area contributed by atoms with Crippen LogP contribution < -0.4 is 21.7 Å². The lowest BCUT2D eigenvalue weighted by atomic mass is 9.65. The summed E-state index contributed by atoms with van der Waals surface area (Å²) in [6.45, 7) is 45.3. The lowest BCUT2D eigenvalue weighted by Crippen LogP contribution is -2.50. The van der Waals surface area contributed by atoms with E-state index >= 15 is 0 Å². The molecule has 3 unspecified atom stereocenters. The van der Waals surface area contributed by atoms with Crippen LogP contribution in [0.15, 0.2) is 0 Å². The van der Waals surface area contributed by atoms with Gasteiger partial charge in [-0.15, -0.1) is 0 Å². The minimum absolute atomic E-state index is 0.0338. The minimum Gasteiger partial charge on any atom is -0.393 e. The number of amides is 2. The smallest absolute Gasteiger partial charge is 0.251 e. The second kappa shape index (κ2) is 20.2. The standard InChI is InChI=1S/C48H96N4O8/c1-32(2)34(54)24-39(3,4)25-42(9,10)47(19,20)58-31-46(17,18)60-45(15,16)28-48(21)38(59-48)51-30-41(7,8)27-44(13,14)52-35(55)23-22-33(53)36(56)37(57)50-29-40(5,6)26-43(11,12)49/h32-34,36,38,51,53-54,56H,22-31,49H2,1-21H3,(H,50,57)(H,52,55)/t33-,34?,36+,38?,48?/m1/s1. The molecule has 5 atom stereocenters. The molecule has 0 spiro atoms. The molecule has 0 radical (unpaired) electrons. The summed E-state index contributed by atoms with van der Waals surface area (Å²) in [6.07, 6.45) is 0.0824. The van der Waals surface area contributed by atoms with Crippen molar-refractivity contribution < 1.29 is 39.1 Å². The molecule has 60 heavy (non-hydrogen) atoms. The van der Waals surface area contributed by atoms with E-state index in [0.29, 0.717) is 39.0 Å². The second-order valence-corrected chi connectivity index (χ2v) is 25.4. The third-order valence-electron chi connectivity index (χ3n) is 12.2. The van der Waals surface area contributed by atoms with Gasteiger partial charge in [0.15, 0.2) is 6.10 Å². The monoisotopic (exact) mass is 857 g/mol. The van der Waals surface area contributed by atoms with Gasteiger partial charge in [0.05, 0.1) is 35.6 Å². The van der Waals surface area contributed by atoms with Crippen LogP contribution in [0, 0.1) is 27.6 Å². The number of hydrogen-bond acceptors (Lipinski definition) is 10. The highest BCUT2D eigenvalue weighted by atomic mass is 16.6. The predicted molar refractivity (Wildman–Crippen MR) is 244 cm³/mol. The van der Waals surface area contributed by atoms with E-state index < -0.39 is 51.6 Å². The molecule has 1 heterocycles. The lowest BCUT2D eigenvalue weighted by Gasteiger charge is -2.48. The molecule has 356 valence electrons. The van der Waals surface area contributed by atoms with Crippen LogP contribution in [0.25, 0.3) is 0 Å². The van der Waals surface area contributed by atoms with Gasteiger partial charge in [-0.25, -0.2) is 0 Å². The first-order chi connectivity index (χ1) is 26.4. The summed E-state index contributed by atoms with van der Waals surface area (Å²) in [7, 11) is 0. The Morgan fingerprint density at radius 1 is 0.750 bits per heavy atom. The van der Waals surface area contributed by atoms with E-state index in [1.807, 2.05) is 41.5 Å². The average Bonchev–Trinajstić information content (AvgIpc) is 3.64. The molecule has 0 aliphatic carbocycles. The van der Waals surface area contributed by atoms with Crippen molar-refractivity contribution in [2.75, 3.05) is 19.7 Å². The van der Waals surface area contributed by atoms with Crippen molar-refractivity contribution in [1.29, 1.82) is 0 Å². The zero-order valence-electron chi connectivity index (χ0n) is 42.4. The first kappa shape index (κ1) is 56.6. The first-order valence-corrected chi connectivity index (χ1v) is 22.6. The Kier molecular flexibility index (Phi) is 19.1. The van der Waals surface area contributed by atoms with E-state index in [-0.39, 0.29) is 58.7 Å². The number of epoxide rings is 1. The van der Waals surface area contributed by atoms with Gasteiger partial charge < -0.3 is 45.9 Å². The summed E-state index contributed by atoms with van der Waals surface area (Å²) < 4.78 is 19.7. The molecule has 12 heteroatoms. The number of aliphatic hydroxyl groups excluding tert-OH is 3. The zero-order chi connectivity index (χ0) is 47.4. The van der Waals surface area contributed by atoms with Crippen LogP contribution in [0.3, 0.4) is 0 Å². The van der Waals surface area contributed by atoms with Crippen LogP contribution >= 0.6 is 0 Å². The van der Waals surface area contributed by atoms with Crippen LogP contribution in [-0.2, 0) is 23.8 Å². The lowest BCUT2D eigenvalue weighted by molar-refractivity contribution is -0.198. The van der Waals surface area contributed by atoms with Crippen molar-refractivity contribution >= 4 is 11.8 Å². The summed E-state index contributed by atoms with van der Waals surface area (Å²) in [4.78, 5) is 25.5. The highest BCUT2D eigenvalue weighted by Crippen LogP contribution is 2.47. The molecule has 0 bridgehead atoms. The topological polar surface area (TPSA) is 188 Å². The van der Waals surface area contributed by atoms with Gasteiger partial charge in [0.2, 0.25) is 5.91 Å². The van der Waals surface area contributed by atoms with Gasteiger partial charge in [0.1, 0.15) is 11.8 Å². The molecule has 1 rings (SSSR count). The number of hydrogen-bond donors (Lipinski definition) is 7. The maximum absolute atomic E-state index is 13.0. The van der Waals surface area contributed by atoms with Crippen LogP contribution in [0.5, 0.6) is 0 Å². The summed E-state index contributed by atoms with van der Waals surface area (Å²) in [6, 6.07) is 0. The maximum atomic E-state index is 13.0. The van der Waals surface area contributed by atoms with Gasteiger partial charge in [-0.1, -0.05) is 69.2 Å². The van der Waals surface area contributed by atoms with Gasteiger partial charge in [-0.05, 0) is 136 Å². The number of rotatable bonds is 28. The Morgan fingerprint density at radius 2 is 1.28 bits per heavy atom. The van der Waals surface area contributed by atoms with Crippen molar-refractivity contribution in [2.24, 2.45) is 33.3 Å². The second-order valence-electron chi connectivity index (χ2n) is 25.4. The van der Waals surface area contributed by atoms with E-state index in [4.69, 9.17) is 19.9 Å². The number of nitrogens with one attached hydrogen (secondary N) is 3. The van der Waals surface area contributed by atoms with E-state index in [1.165, 1.54) is 0 Å². The molecule has 0 aromatic carbocycles. The molecule has 2 amide bonds. The van der Waals surface area contributed by atoms with Crippen molar-refractivity contribution in [3.63, 3.8) is 0 Å². The largest absolute Gasteiger partial charge is 0.393 e. The molecular weight excluding hydrogens is 761 g/mol. The quantitative estimate of drug-likeness (QED) is 0.0392. The Morgan fingerprint density at radius 3 is 1.80 bits per heavy atom. The molecule has 0 saturated carbocycles. The summed E-state index contributed by atoms with van der Waals surface area (Å²) in [5.74, 6) is -0.705. The molecule has 0 aromatic rings. The van der Waals surface area contributed by atoms with Crippen LogP contribution in [-0.4, -0.2) is 105 Å². The van der Waals surface area contributed by atoms with Gasteiger partial charge in [0, 0.05) is 37.0 Å². The first-order valence-electron chi connectivity index (χ1n) is 22.6. The minimum atomic E-state index is -1.64. The number of carbonyl (C=O) groups excluding carboxylic acids is 2. The Hall–Kier alpha value is -1.38. The summed E-state index contributed by atoms with van der Waals surface area (Å²) >= 11 is 0. The van der Waals surface area contributed by atoms with Crippen molar-refractivity contribution in [1.82, 2.24) is 16.0 Å². The molecular formula is C48H96N4O8. The van der Waals surface area contributed by atoms with Gasteiger partial charge in [0.25, 0.3) is 5.91 Å². The van der Waals surface area contributed by atoms with Crippen LogP contribution in [0.4, 0.5) is 0 Å². The SMILES string of the molecule is CC(C)C(O)CC(C)(C)CC(C)(C)C(C)(C)OCC(C)(C)OC(C)(C)CC1(C)OC1NCC(C)(C)CC(C)(C)NC(=O)CC[C@@H](O)[C@H](O)C(=O)NCC(C)(C)CC(C)(C)N. The van der Waals surface area contributed by atoms with Crippen molar-refractivity contribution in [3.05, 3.63) is 0 Å². The van der Waals surface area contributed by atoms with E-state index in [9.17, 15) is 24.9 Å².